The van der Waals surface area contributed by atoms with Gasteiger partial charge in [-0.3, -0.25) is 0 Å². The van der Waals surface area contributed by atoms with E-state index in [9.17, 15) is 0 Å². The first-order valence-electron chi connectivity index (χ1n) is 7.73. The lowest BCUT2D eigenvalue weighted by atomic mass is 10.0. The summed E-state index contributed by atoms with van der Waals surface area (Å²) in [5.74, 6) is 1.08. The third-order valence-electron chi connectivity index (χ3n) is 4.38. The van der Waals surface area contributed by atoms with Crippen LogP contribution in [0.2, 0.25) is 0 Å². The molecule has 0 aliphatic carbocycles. The van der Waals surface area contributed by atoms with Gasteiger partial charge in [-0.2, -0.15) is 0 Å². The summed E-state index contributed by atoms with van der Waals surface area (Å²) < 4.78 is 0. The van der Waals surface area contributed by atoms with Gasteiger partial charge >= 0.3 is 0 Å². The minimum Gasteiger partial charge on any atom is -0.352 e. The van der Waals surface area contributed by atoms with Crippen molar-refractivity contribution in [2.45, 2.75) is 32.4 Å². The molecule has 3 rings (SSSR count). The molecule has 0 amide bonds. The highest BCUT2D eigenvalue weighted by molar-refractivity contribution is 5.43. The van der Waals surface area contributed by atoms with E-state index in [2.05, 4.69) is 58.5 Å². The second-order valence-electron chi connectivity index (χ2n) is 5.75. The van der Waals surface area contributed by atoms with Crippen molar-refractivity contribution in [3.63, 3.8) is 0 Å². The zero-order valence-corrected chi connectivity index (χ0v) is 12.8. The van der Waals surface area contributed by atoms with Crippen LogP contribution in [-0.2, 0) is 13.0 Å². The standard InChI is InChI=1S/C18H23N3/c1-14(19-2)16-9-10-18(20-12-16)21-11-5-8-15-6-3-4-7-17(15)13-21/h3-4,6-7,9-10,12,14,19H,5,8,11,13H2,1-2H3. The van der Waals surface area contributed by atoms with Crippen molar-refractivity contribution in [1.29, 1.82) is 0 Å². The van der Waals surface area contributed by atoms with Crippen LogP contribution in [0.4, 0.5) is 5.82 Å². The lowest BCUT2D eigenvalue weighted by Crippen LogP contribution is -2.23. The highest BCUT2D eigenvalue weighted by Gasteiger charge is 2.15. The molecule has 3 heteroatoms. The Labute approximate surface area is 127 Å². The molecule has 110 valence electrons. The molecule has 2 heterocycles. The first kappa shape index (κ1) is 14.1. The van der Waals surface area contributed by atoms with Crippen molar-refractivity contribution in [1.82, 2.24) is 10.3 Å². The molecule has 1 aromatic carbocycles. The molecule has 0 fully saturated rings. The zero-order valence-electron chi connectivity index (χ0n) is 12.8. The molecule has 1 N–H and O–H groups in total. The molecule has 1 atom stereocenters. The maximum atomic E-state index is 4.67. The van der Waals surface area contributed by atoms with Gasteiger partial charge < -0.3 is 10.2 Å². The molecule has 3 nitrogen and oxygen atoms in total. The van der Waals surface area contributed by atoms with Crippen LogP contribution in [0.15, 0.2) is 42.6 Å². The summed E-state index contributed by atoms with van der Waals surface area (Å²) in [6.45, 7) is 4.19. The van der Waals surface area contributed by atoms with Gasteiger partial charge in [0.15, 0.2) is 0 Å². The van der Waals surface area contributed by atoms with Crippen LogP contribution in [0.25, 0.3) is 0 Å². The minimum absolute atomic E-state index is 0.344. The van der Waals surface area contributed by atoms with E-state index in [-0.39, 0.29) is 0 Å². The van der Waals surface area contributed by atoms with Crippen LogP contribution in [0.3, 0.4) is 0 Å². The number of aromatic nitrogens is 1. The number of hydrogen-bond acceptors (Lipinski definition) is 3. The smallest absolute Gasteiger partial charge is 0.128 e. The van der Waals surface area contributed by atoms with E-state index < -0.39 is 0 Å². The SMILES string of the molecule is CNC(C)c1ccc(N2CCCc3ccccc3C2)nc1. The highest BCUT2D eigenvalue weighted by Crippen LogP contribution is 2.23. The molecule has 2 aromatic rings. The Hall–Kier alpha value is -1.87. The van der Waals surface area contributed by atoms with Gasteiger partial charge in [-0.15, -0.1) is 0 Å². The van der Waals surface area contributed by atoms with Crippen LogP contribution >= 0.6 is 0 Å². The topological polar surface area (TPSA) is 28.2 Å². The molecule has 1 aliphatic rings. The van der Waals surface area contributed by atoms with E-state index in [0.29, 0.717) is 6.04 Å². The summed E-state index contributed by atoms with van der Waals surface area (Å²) >= 11 is 0. The van der Waals surface area contributed by atoms with Gasteiger partial charge in [-0.05, 0) is 49.6 Å². The first-order valence-corrected chi connectivity index (χ1v) is 7.73. The minimum atomic E-state index is 0.344. The Morgan fingerprint density at radius 1 is 1.14 bits per heavy atom. The van der Waals surface area contributed by atoms with Crippen molar-refractivity contribution >= 4 is 5.82 Å². The zero-order chi connectivity index (χ0) is 14.7. The van der Waals surface area contributed by atoms with Crippen LogP contribution in [0, 0.1) is 0 Å². The molecule has 0 saturated heterocycles. The number of benzene rings is 1. The van der Waals surface area contributed by atoms with Gasteiger partial charge in [0.2, 0.25) is 0 Å². The Bertz CT molecular complexity index is 592. The van der Waals surface area contributed by atoms with Crippen molar-refractivity contribution in [2.24, 2.45) is 0 Å². The second-order valence-corrected chi connectivity index (χ2v) is 5.75. The fraction of sp³-hybridized carbons (Fsp3) is 0.389. The summed E-state index contributed by atoms with van der Waals surface area (Å²) in [5.41, 5.74) is 4.15. The fourth-order valence-electron chi connectivity index (χ4n) is 2.90. The third-order valence-corrected chi connectivity index (χ3v) is 4.38. The number of pyridine rings is 1. The molecule has 1 aromatic heterocycles. The van der Waals surface area contributed by atoms with Crippen molar-refractivity contribution in [3.05, 3.63) is 59.3 Å². The number of anilines is 1. The molecule has 1 aliphatic heterocycles. The van der Waals surface area contributed by atoms with Gasteiger partial charge in [0, 0.05) is 25.3 Å². The Kier molecular flexibility index (Phi) is 4.20. The molecule has 21 heavy (non-hydrogen) atoms. The van der Waals surface area contributed by atoms with E-state index in [4.69, 9.17) is 0 Å². The van der Waals surface area contributed by atoms with Crippen molar-refractivity contribution in [3.8, 4) is 0 Å². The normalized spacial score (nSPS) is 16.2. The number of hydrogen-bond donors (Lipinski definition) is 1. The number of nitrogens with one attached hydrogen (secondary N) is 1. The summed E-state index contributed by atoms with van der Waals surface area (Å²) in [6, 6.07) is 13.4. The van der Waals surface area contributed by atoms with Crippen LogP contribution < -0.4 is 10.2 Å². The predicted octanol–water partition coefficient (Wildman–Crippen LogP) is 3.31. The maximum Gasteiger partial charge on any atom is 0.128 e. The van der Waals surface area contributed by atoms with E-state index >= 15 is 0 Å². The molecule has 0 spiro atoms. The Morgan fingerprint density at radius 2 is 1.95 bits per heavy atom. The van der Waals surface area contributed by atoms with Gasteiger partial charge in [-0.1, -0.05) is 30.3 Å². The average Bonchev–Trinajstić information content (AvgIpc) is 2.76. The van der Waals surface area contributed by atoms with E-state index in [0.717, 1.165) is 18.9 Å². The highest BCUT2D eigenvalue weighted by atomic mass is 15.2. The van der Waals surface area contributed by atoms with Crippen molar-refractivity contribution in [2.75, 3.05) is 18.5 Å². The van der Waals surface area contributed by atoms with Gasteiger partial charge in [0.25, 0.3) is 0 Å². The molecule has 0 radical (unpaired) electrons. The Balaban J connectivity index is 1.81. The predicted molar refractivity (Wildman–Crippen MR) is 87.5 cm³/mol. The average molecular weight is 281 g/mol. The van der Waals surface area contributed by atoms with Gasteiger partial charge in [-0.25, -0.2) is 4.98 Å². The number of rotatable bonds is 3. The number of aryl methyl sites for hydroxylation is 1. The van der Waals surface area contributed by atoms with Crippen LogP contribution in [-0.4, -0.2) is 18.6 Å². The van der Waals surface area contributed by atoms with Gasteiger partial charge in [0.05, 0.1) is 0 Å². The van der Waals surface area contributed by atoms with E-state index in [1.807, 2.05) is 13.2 Å². The summed E-state index contributed by atoms with van der Waals surface area (Å²) in [6.07, 6.45) is 4.35. The molecule has 0 bridgehead atoms. The number of nitrogens with zero attached hydrogens (tertiary/aromatic N) is 2. The lowest BCUT2D eigenvalue weighted by molar-refractivity contribution is 0.648. The van der Waals surface area contributed by atoms with E-state index in [1.54, 1.807) is 0 Å². The maximum absolute atomic E-state index is 4.67. The van der Waals surface area contributed by atoms with Crippen LogP contribution in [0.1, 0.15) is 36.1 Å². The third kappa shape index (κ3) is 3.08. The molecular weight excluding hydrogens is 258 g/mol. The quantitative estimate of drug-likeness (QED) is 0.935. The number of fused-ring (bicyclic) bond motifs is 1. The Morgan fingerprint density at radius 3 is 2.67 bits per heavy atom. The lowest BCUT2D eigenvalue weighted by Gasteiger charge is -2.22. The van der Waals surface area contributed by atoms with Gasteiger partial charge in [0.1, 0.15) is 5.82 Å². The largest absolute Gasteiger partial charge is 0.352 e. The first-order chi connectivity index (χ1) is 10.3. The summed E-state index contributed by atoms with van der Waals surface area (Å²) in [4.78, 5) is 7.06. The van der Waals surface area contributed by atoms with Crippen molar-refractivity contribution < 1.29 is 0 Å². The molecular formula is C18H23N3. The summed E-state index contributed by atoms with van der Waals surface area (Å²) in [7, 11) is 1.98. The van der Waals surface area contributed by atoms with Crippen LogP contribution in [0.5, 0.6) is 0 Å². The fourth-order valence-corrected chi connectivity index (χ4v) is 2.90. The second kappa shape index (κ2) is 6.27. The van der Waals surface area contributed by atoms with E-state index in [1.165, 1.54) is 29.5 Å². The summed E-state index contributed by atoms with van der Waals surface area (Å²) in [5, 5.41) is 3.25. The molecule has 1 unspecified atom stereocenters. The monoisotopic (exact) mass is 281 g/mol. The molecule has 0 saturated carbocycles.